The van der Waals surface area contributed by atoms with Gasteiger partial charge in [0.1, 0.15) is 10.4 Å². The lowest BCUT2D eigenvalue weighted by atomic mass is 9.79. The number of nitrogens with one attached hydrogen (secondary N) is 1. The maximum atomic E-state index is 11.8. The lowest BCUT2D eigenvalue weighted by Gasteiger charge is -2.43. The molecule has 25 heavy (non-hydrogen) atoms. The Morgan fingerprint density at radius 3 is 2.80 bits per heavy atom. The number of halogens is 1. The van der Waals surface area contributed by atoms with E-state index in [2.05, 4.69) is 31.3 Å². The van der Waals surface area contributed by atoms with Crippen LogP contribution in [0.1, 0.15) is 30.6 Å². The van der Waals surface area contributed by atoms with Crippen LogP contribution >= 0.6 is 15.9 Å². The van der Waals surface area contributed by atoms with Crippen LogP contribution in [0.25, 0.3) is 5.65 Å². The van der Waals surface area contributed by atoms with Gasteiger partial charge in [-0.1, -0.05) is 13.8 Å². The van der Waals surface area contributed by atoms with E-state index < -0.39 is 12.0 Å². The van der Waals surface area contributed by atoms with E-state index in [1.54, 1.807) is 6.07 Å². The van der Waals surface area contributed by atoms with Crippen molar-refractivity contribution in [2.24, 2.45) is 11.1 Å². The van der Waals surface area contributed by atoms with Crippen LogP contribution in [0.5, 0.6) is 0 Å². The average Bonchev–Trinajstić information content (AvgIpc) is 2.89. The van der Waals surface area contributed by atoms with E-state index in [0.717, 1.165) is 0 Å². The van der Waals surface area contributed by atoms with E-state index in [1.165, 1.54) is 15.6 Å². The molecule has 0 saturated carbocycles. The van der Waals surface area contributed by atoms with Gasteiger partial charge in [-0.05, 0) is 22.4 Å². The van der Waals surface area contributed by atoms with Gasteiger partial charge in [-0.3, -0.25) is 4.79 Å². The van der Waals surface area contributed by atoms with E-state index in [9.17, 15) is 14.7 Å². The molecule has 0 spiro atoms. The number of aromatic nitrogens is 3. The minimum atomic E-state index is -0.924. The average molecular weight is 411 g/mol. The highest BCUT2D eigenvalue weighted by Crippen LogP contribution is 2.33. The van der Waals surface area contributed by atoms with Crippen molar-refractivity contribution in [2.75, 3.05) is 18.4 Å². The van der Waals surface area contributed by atoms with Crippen LogP contribution in [0.2, 0.25) is 0 Å². The summed E-state index contributed by atoms with van der Waals surface area (Å²) in [5, 5.41) is 16.9. The van der Waals surface area contributed by atoms with Gasteiger partial charge >= 0.3 is 6.09 Å². The largest absolute Gasteiger partial charge is 0.465 e. The van der Waals surface area contributed by atoms with Crippen LogP contribution in [0.15, 0.2) is 16.9 Å². The standard InChI is InChI=1S/C15H19BrN6O3/c1-15(2)7-21(14(24)25)4-3-9(15)19-13-8(12(17)23)6-18-11-5-10(16)20-22(11)13/h5-6,9,19H,3-4,7H2,1-2H3,(H2,17,23)(H,24,25)/t9-/m1/s1. The summed E-state index contributed by atoms with van der Waals surface area (Å²) in [4.78, 5) is 28.7. The molecule has 0 bridgehead atoms. The molecule has 4 N–H and O–H groups in total. The summed E-state index contributed by atoms with van der Waals surface area (Å²) in [6.07, 6.45) is 1.10. The van der Waals surface area contributed by atoms with Crippen LogP contribution in [-0.4, -0.2) is 55.7 Å². The molecule has 9 nitrogen and oxygen atoms in total. The molecule has 1 atom stereocenters. The monoisotopic (exact) mass is 410 g/mol. The van der Waals surface area contributed by atoms with Gasteiger partial charge in [0.15, 0.2) is 5.65 Å². The first-order valence-electron chi connectivity index (χ1n) is 7.77. The van der Waals surface area contributed by atoms with Crippen LogP contribution in [0, 0.1) is 5.41 Å². The van der Waals surface area contributed by atoms with Crippen molar-refractivity contribution in [1.29, 1.82) is 0 Å². The molecule has 2 aromatic heterocycles. The maximum Gasteiger partial charge on any atom is 0.407 e. The Hall–Kier alpha value is -2.36. The quantitative estimate of drug-likeness (QED) is 0.707. The number of amides is 2. The van der Waals surface area contributed by atoms with Gasteiger partial charge in [0.2, 0.25) is 0 Å². The van der Waals surface area contributed by atoms with Crippen molar-refractivity contribution < 1.29 is 14.7 Å². The molecule has 0 radical (unpaired) electrons. The van der Waals surface area contributed by atoms with E-state index in [-0.39, 0.29) is 17.0 Å². The molecule has 3 rings (SSSR count). The maximum absolute atomic E-state index is 11.8. The van der Waals surface area contributed by atoms with Crippen molar-refractivity contribution in [3.63, 3.8) is 0 Å². The fourth-order valence-electron chi connectivity index (χ4n) is 3.18. The zero-order valence-electron chi connectivity index (χ0n) is 13.9. The summed E-state index contributed by atoms with van der Waals surface area (Å²) in [5.74, 6) is -0.144. The molecule has 2 aromatic rings. The van der Waals surface area contributed by atoms with Crippen LogP contribution in [0.3, 0.4) is 0 Å². The van der Waals surface area contributed by atoms with Gasteiger partial charge in [0.05, 0.1) is 5.56 Å². The lowest BCUT2D eigenvalue weighted by molar-refractivity contribution is 0.0869. The number of nitrogens with zero attached hydrogens (tertiary/aromatic N) is 4. The number of hydrogen-bond donors (Lipinski definition) is 3. The van der Waals surface area contributed by atoms with Crippen molar-refractivity contribution in [1.82, 2.24) is 19.5 Å². The van der Waals surface area contributed by atoms with E-state index in [4.69, 9.17) is 5.73 Å². The minimum Gasteiger partial charge on any atom is -0.465 e. The number of primary amides is 1. The summed E-state index contributed by atoms with van der Waals surface area (Å²) in [6.45, 7) is 4.78. The van der Waals surface area contributed by atoms with Gasteiger partial charge < -0.3 is 21.1 Å². The van der Waals surface area contributed by atoms with Gasteiger partial charge in [-0.25, -0.2) is 9.78 Å². The van der Waals surface area contributed by atoms with Crippen LogP contribution in [-0.2, 0) is 0 Å². The first-order chi connectivity index (χ1) is 11.7. The number of hydrogen-bond acceptors (Lipinski definition) is 5. The normalized spacial score (nSPS) is 19.8. The Morgan fingerprint density at radius 2 is 2.20 bits per heavy atom. The summed E-state index contributed by atoms with van der Waals surface area (Å²) in [7, 11) is 0. The highest BCUT2D eigenvalue weighted by molar-refractivity contribution is 9.10. The molecule has 0 aromatic carbocycles. The molecule has 1 aliphatic heterocycles. The fourth-order valence-corrected chi connectivity index (χ4v) is 3.54. The van der Waals surface area contributed by atoms with Gasteiger partial charge in [-0.2, -0.15) is 9.61 Å². The highest BCUT2D eigenvalue weighted by Gasteiger charge is 2.38. The second-order valence-electron chi connectivity index (χ2n) is 6.80. The molecule has 134 valence electrons. The third kappa shape index (κ3) is 3.26. The number of rotatable bonds is 3. The first kappa shape index (κ1) is 17.5. The first-order valence-corrected chi connectivity index (χ1v) is 8.57. The predicted octanol–water partition coefficient (Wildman–Crippen LogP) is 1.78. The SMILES string of the molecule is CC1(C)CN(C(=O)O)CC[C@H]1Nc1c(C(N)=O)cnc2cc(Br)nn12. The zero-order valence-corrected chi connectivity index (χ0v) is 15.4. The number of carboxylic acid groups (broad SMARTS) is 1. The summed E-state index contributed by atoms with van der Waals surface area (Å²) < 4.78 is 2.12. The number of anilines is 1. The number of piperidine rings is 1. The topological polar surface area (TPSA) is 126 Å². The lowest BCUT2D eigenvalue weighted by Crippen LogP contribution is -2.53. The number of fused-ring (bicyclic) bond motifs is 1. The molecule has 0 unspecified atom stereocenters. The molecule has 1 aliphatic rings. The molecule has 1 fully saturated rings. The molecule has 2 amide bonds. The zero-order chi connectivity index (χ0) is 18.4. The molecular formula is C15H19BrN6O3. The molecule has 0 aliphatic carbocycles. The van der Waals surface area contributed by atoms with E-state index in [0.29, 0.717) is 35.6 Å². The third-order valence-electron chi connectivity index (χ3n) is 4.53. The summed E-state index contributed by atoms with van der Waals surface area (Å²) in [6, 6.07) is 1.67. The number of carbonyl (C=O) groups excluding carboxylic acids is 1. The van der Waals surface area contributed by atoms with E-state index >= 15 is 0 Å². The van der Waals surface area contributed by atoms with Gasteiger partial charge in [0.25, 0.3) is 5.91 Å². The van der Waals surface area contributed by atoms with Crippen LogP contribution < -0.4 is 11.1 Å². The van der Waals surface area contributed by atoms with Gasteiger partial charge in [-0.15, -0.1) is 0 Å². The van der Waals surface area contributed by atoms with E-state index in [1.807, 2.05) is 13.8 Å². The van der Waals surface area contributed by atoms with Crippen molar-refractivity contribution in [3.05, 3.63) is 22.4 Å². The smallest absolute Gasteiger partial charge is 0.407 e. The molecule has 10 heteroatoms. The van der Waals surface area contributed by atoms with Gasteiger partial charge in [0, 0.05) is 36.8 Å². The Morgan fingerprint density at radius 1 is 1.48 bits per heavy atom. The third-order valence-corrected chi connectivity index (χ3v) is 4.92. The Balaban J connectivity index is 1.98. The number of likely N-dealkylation sites (tertiary alicyclic amines) is 1. The van der Waals surface area contributed by atoms with Crippen LogP contribution in [0.4, 0.5) is 10.6 Å². The number of carbonyl (C=O) groups is 2. The minimum absolute atomic E-state index is 0.0604. The van der Waals surface area contributed by atoms with Crippen molar-refractivity contribution in [3.8, 4) is 0 Å². The van der Waals surface area contributed by atoms with Crippen molar-refractivity contribution >= 4 is 39.4 Å². The Bertz CT molecular complexity index is 849. The molecular weight excluding hydrogens is 392 g/mol. The molecule has 3 heterocycles. The molecule has 1 saturated heterocycles. The summed E-state index contributed by atoms with van der Waals surface area (Å²) >= 11 is 3.30. The fraction of sp³-hybridized carbons (Fsp3) is 0.467. The number of nitrogens with two attached hydrogens (primary N) is 1. The highest BCUT2D eigenvalue weighted by atomic mass is 79.9. The predicted molar refractivity (Wildman–Crippen MR) is 94.6 cm³/mol. The Labute approximate surface area is 152 Å². The Kier molecular flexibility index (Phi) is 4.31. The summed E-state index contributed by atoms with van der Waals surface area (Å²) in [5.41, 5.74) is 5.95. The second kappa shape index (κ2) is 6.17. The van der Waals surface area contributed by atoms with Crippen molar-refractivity contribution in [2.45, 2.75) is 26.3 Å². The second-order valence-corrected chi connectivity index (χ2v) is 7.61.